The lowest BCUT2D eigenvalue weighted by Crippen LogP contribution is -2.42. The van der Waals surface area contributed by atoms with Crippen molar-refractivity contribution in [1.29, 1.82) is 0 Å². The second-order valence-corrected chi connectivity index (χ2v) is 4.76. The lowest BCUT2D eigenvalue weighted by atomic mass is 10.2. The molecule has 0 radical (unpaired) electrons. The van der Waals surface area contributed by atoms with Crippen LogP contribution in [0.4, 0.5) is 0 Å². The van der Waals surface area contributed by atoms with Gasteiger partial charge in [-0.05, 0) is 13.8 Å². The number of rotatable bonds is 4. The van der Waals surface area contributed by atoms with Gasteiger partial charge in [-0.3, -0.25) is 9.69 Å². The molecule has 0 aromatic carbocycles. The minimum absolute atomic E-state index is 0.113. The maximum absolute atomic E-state index is 11.2. The fourth-order valence-electron chi connectivity index (χ4n) is 2.11. The maximum Gasteiger partial charge on any atom is 0.308 e. The zero-order valence-electron chi connectivity index (χ0n) is 11.6. The molecular weight excluding hydrogens is 248 g/mol. The Balaban J connectivity index is 1.88. The van der Waals surface area contributed by atoms with Crippen molar-refractivity contribution in [3.63, 3.8) is 0 Å². The highest BCUT2D eigenvalue weighted by atomic mass is 16.5. The molecule has 1 aliphatic rings. The van der Waals surface area contributed by atoms with Crippen LogP contribution in [0.2, 0.25) is 0 Å². The summed E-state index contributed by atoms with van der Waals surface area (Å²) in [5.41, 5.74) is 0.925. The lowest BCUT2D eigenvalue weighted by Gasteiger charge is -2.31. The molecule has 19 heavy (non-hydrogen) atoms. The summed E-state index contributed by atoms with van der Waals surface area (Å²) in [5, 5.41) is 0. The molecule has 2 rings (SSSR count). The number of ether oxygens (including phenoxy) is 2. The van der Waals surface area contributed by atoms with Crippen molar-refractivity contribution in [3.8, 4) is 0 Å². The fourth-order valence-corrected chi connectivity index (χ4v) is 2.11. The molecule has 1 aliphatic heterocycles. The molecule has 6 heteroatoms. The van der Waals surface area contributed by atoms with Gasteiger partial charge < -0.3 is 13.9 Å². The first kappa shape index (κ1) is 14.0. The molecule has 0 aliphatic carbocycles. The SMILES string of the molecule is COC(=O)CC1CN(Cc2nc(C)c(C)o2)CCO1. The minimum Gasteiger partial charge on any atom is -0.469 e. The Kier molecular flexibility index (Phi) is 4.55. The molecule has 0 saturated carbocycles. The highest BCUT2D eigenvalue weighted by Crippen LogP contribution is 2.14. The van der Waals surface area contributed by atoms with Gasteiger partial charge in [0.15, 0.2) is 0 Å². The van der Waals surface area contributed by atoms with Crippen molar-refractivity contribution >= 4 is 5.97 Å². The van der Waals surface area contributed by atoms with Gasteiger partial charge in [-0.25, -0.2) is 4.98 Å². The number of hydrogen-bond donors (Lipinski definition) is 0. The number of methoxy groups -OCH3 is 1. The molecule has 1 saturated heterocycles. The molecule has 1 fully saturated rings. The second-order valence-electron chi connectivity index (χ2n) is 4.76. The molecule has 1 atom stereocenters. The van der Waals surface area contributed by atoms with Gasteiger partial charge in [0.1, 0.15) is 5.76 Å². The Labute approximate surface area is 112 Å². The van der Waals surface area contributed by atoms with Crippen LogP contribution in [0, 0.1) is 13.8 Å². The summed E-state index contributed by atoms with van der Waals surface area (Å²) in [6, 6.07) is 0. The van der Waals surface area contributed by atoms with Crippen LogP contribution in [0.1, 0.15) is 23.8 Å². The number of oxazole rings is 1. The zero-order chi connectivity index (χ0) is 13.8. The highest BCUT2D eigenvalue weighted by Gasteiger charge is 2.24. The van der Waals surface area contributed by atoms with Crippen LogP contribution in [-0.4, -0.2) is 48.8 Å². The smallest absolute Gasteiger partial charge is 0.308 e. The van der Waals surface area contributed by atoms with Crippen LogP contribution in [0.25, 0.3) is 0 Å². The van der Waals surface area contributed by atoms with E-state index in [-0.39, 0.29) is 18.5 Å². The van der Waals surface area contributed by atoms with Crippen LogP contribution < -0.4 is 0 Å². The van der Waals surface area contributed by atoms with E-state index >= 15 is 0 Å². The van der Waals surface area contributed by atoms with E-state index in [1.165, 1.54) is 7.11 Å². The quantitative estimate of drug-likeness (QED) is 0.761. The van der Waals surface area contributed by atoms with Crippen LogP contribution in [0.3, 0.4) is 0 Å². The number of hydrogen-bond acceptors (Lipinski definition) is 6. The molecule has 6 nitrogen and oxygen atoms in total. The monoisotopic (exact) mass is 268 g/mol. The summed E-state index contributed by atoms with van der Waals surface area (Å²) in [4.78, 5) is 17.8. The first-order chi connectivity index (χ1) is 9.08. The average molecular weight is 268 g/mol. The second kappa shape index (κ2) is 6.16. The molecule has 0 amide bonds. The van der Waals surface area contributed by atoms with Crippen LogP contribution in [0.5, 0.6) is 0 Å². The van der Waals surface area contributed by atoms with Crippen LogP contribution >= 0.6 is 0 Å². The van der Waals surface area contributed by atoms with Gasteiger partial charge in [0.25, 0.3) is 0 Å². The molecular formula is C13H20N2O4. The molecule has 1 aromatic heterocycles. The van der Waals surface area contributed by atoms with Crippen molar-refractivity contribution in [3.05, 3.63) is 17.3 Å². The van der Waals surface area contributed by atoms with Crippen LogP contribution in [0.15, 0.2) is 4.42 Å². The first-order valence-corrected chi connectivity index (χ1v) is 6.42. The molecule has 1 unspecified atom stereocenters. The van der Waals surface area contributed by atoms with Crippen molar-refractivity contribution in [2.45, 2.75) is 32.9 Å². The molecule has 106 valence electrons. The Morgan fingerprint density at radius 2 is 2.32 bits per heavy atom. The third-order valence-corrected chi connectivity index (χ3v) is 3.28. The molecule has 0 bridgehead atoms. The van der Waals surface area contributed by atoms with Crippen LogP contribution in [-0.2, 0) is 20.8 Å². The Bertz CT molecular complexity index is 424. The summed E-state index contributed by atoms with van der Waals surface area (Å²) >= 11 is 0. The molecule has 2 heterocycles. The third-order valence-electron chi connectivity index (χ3n) is 3.28. The summed E-state index contributed by atoms with van der Waals surface area (Å²) in [7, 11) is 1.39. The van der Waals surface area contributed by atoms with Crippen molar-refractivity contribution in [2.24, 2.45) is 0 Å². The number of esters is 1. The van der Waals surface area contributed by atoms with Crippen molar-refractivity contribution in [1.82, 2.24) is 9.88 Å². The summed E-state index contributed by atoms with van der Waals surface area (Å²) < 4.78 is 15.8. The fraction of sp³-hybridized carbons (Fsp3) is 0.692. The van der Waals surface area contributed by atoms with E-state index in [2.05, 4.69) is 14.6 Å². The Morgan fingerprint density at radius 3 is 2.95 bits per heavy atom. The van der Waals surface area contributed by atoms with E-state index in [0.29, 0.717) is 25.6 Å². The van der Waals surface area contributed by atoms with Gasteiger partial charge >= 0.3 is 5.97 Å². The summed E-state index contributed by atoms with van der Waals surface area (Å²) in [6.45, 7) is 6.61. The normalized spacial score (nSPS) is 20.5. The summed E-state index contributed by atoms with van der Waals surface area (Å²) in [5.74, 6) is 1.33. The average Bonchev–Trinajstić information content (AvgIpc) is 2.68. The van der Waals surface area contributed by atoms with E-state index < -0.39 is 0 Å². The van der Waals surface area contributed by atoms with Gasteiger partial charge in [0.05, 0.1) is 38.5 Å². The topological polar surface area (TPSA) is 64.8 Å². The largest absolute Gasteiger partial charge is 0.469 e. The van der Waals surface area contributed by atoms with E-state index in [1.54, 1.807) is 0 Å². The molecule has 1 aromatic rings. The van der Waals surface area contributed by atoms with Crippen molar-refractivity contribution < 1.29 is 18.7 Å². The maximum atomic E-state index is 11.2. The molecule has 0 N–H and O–H groups in total. The highest BCUT2D eigenvalue weighted by molar-refractivity contribution is 5.69. The first-order valence-electron chi connectivity index (χ1n) is 6.42. The Hall–Kier alpha value is -1.40. The van der Waals surface area contributed by atoms with Gasteiger partial charge in [0, 0.05) is 13.1 Å². The lowest BCUT2D eigenvalue weighted by molar-refractivity contribution is -0.145. The number of aromatic nitrogens is 1. The van der Waals surface area contributed by atoms with E-state index in [4.69, 9.17) is 9.15 Å². The van der Waals surface area contributed by atoms with Gasteiger partial charge in [-0.2, -0.15) is 0 Å². The number of carbonyl (C=O) groups excluding carboxylic acids is 1. The minimum atomic E-state index is -0.241. The van der Waals surface area contributed by atoms with Gasteiger partial charge in [-0.1, -0.05) is 0 Å². The predicted octanol–water partition coefficient (Wildman–Crippen LogP) is 1.06. The number of carbonyl (C=O) groups is 1. The summed E-state index contributed by atoms with van der Waals surface area (Å²) in [6.07, 6.45) is 0.176. The number of nitrogens with zero attached hydrogens (tertiary/aromatic N) is 2. The van der Waals surface area contributed by atoms with E-state index in [1.807, 2.05) is 13.8 Å². The van der Waals surface area contributed by atoms with E-state index in [9.17, 15) is 4.79 Å². The molecule has 0 spiro atoms. The van der Waals surface area contributed by atoms with Gasteiger partial charge in [-0.15, -0.1) is 0 Å². The number of aryl methyl sites for hydroxylation is 2. The standard InChI is InChI=1S/C13H20N2O4/c1-9-10(2)19-12(14-9)8-15-4-5-18-11(7-15)6-13(16)17-3/h11H,4-8H2,1-3H3. The van der Waals surface area contributed by atoms with Gasteiger partial charge in [0.2, 0.25) is 5.89 Å². The number of morpholine rings is 1. The van der Waals surface area contributed by atoms with Crippen molar-refractivity contribution in [2.75, 3.05) is 26.8 Å². The predicted molar refractivity (Wildman–Crippen MR) is 67.6 cm³/mol. The Morgan fingerprint density at radius 1 is 1.53 bits per heavy atom. The third kappa shape index (κ3) is 3.78. The van der Waals surface area contributed by atoms with E-state index in [0.717, 1.165) is 18.0 Å². The zero-order valence-corrected chi connectivity index (χ0v) is 11.6.